The van der Waals surface area contributed by atoms with Gasteiger partial charge in [0.2, 0.25) is 0 Å². The molecule has 3 aromatic heterocycles. The van der Waals surface area contributed by atoms with Gasteiger partial charge < -0.3 is 10.1 Å². The Kier molecular flexibility index (Phi) is 21.9. The first-order chi connectivity index (χ1) is 40.6. The standard InChI is InChI=1S/C37H35F3N.C28H26NS.C13H24O2.Ir/c1-35(2,3)22-24-11-13-25(14-12-24)26-15-17-27(18-16-26)31-21-34(41-23-33(31)37(38,39)40)29-19-28-9-7-8-10-30(28)32(20-29)36(4,5)6;1-17-12-18(2)14-21(13-17)25-27-24(10-11-29-25)23-9-7-20-15-19(16-28(3,4)5)6-8-22(20)26(23)30-27;1-5-10(6-2)12(14)9-13(15)11(7-3)8-4;/h7-18,20-21,23H,22H2,1-6H3;6-13,15H,16H2,1-5H3;9-11,14H,5-8H2,1-4H3;/q2*-1;;/b;;12-9-;. The average molecular weight is 1360 g/mol. The van der Waals surface area contributed by atoms with Crippen molar-refractivity contribution in [3.63, 3.8) is 0 Å². The number of aliphatic hydroxyl groups is 1. The van der Waals surface area contributed by atoms with E-state index in [1.807, 2.05) is 81.6 Å². The first-order valence-corrected chi connectivity index (χ1v) is 31.3. The van der Waals surface area contributed by atoms with E-state index in [0.717, 1.165) is 89.0 Å². The molecule has 0 aliphatic carbocycles. The fourth-order valence-corrected chi connectivity index (χ4v) is 12.9. The average Bonchev–Trinajstić information content (AvgIpc) is 1.74. The van der Waals surface area contributed by atoms with Gasteiger partial charge in [0.25, 0.3) is 0 Å². The zero-order valence-corrected chi connectivity index (χ0v) is 56.7. The van der Waals surface area contributed by atoms with Gasteiger partial charge in [-0.3, -0.25) is 9.78 Å². The summed E-state index contributed by atoms with van der Waals surface area (Å²) in [6.45, 7) is 32.2. The maximum absolute atomic E-state index is 14.1. The fourth-order valence-electron chi connectivity index (χ4n) is 11.6. The van der Waals surface area contributed by atoms with Crippen molar-refractivity contribution in [1.82, 2.24) is 9.97 Å². The number of pyridine rings is 2. The van der Waals surface area contributed by atoms with Crippen LogP contribution in [-0.4, -0.2) is 20.9 Å². The fraction of sp³-hybridized carbons (Fsp3) is 0.346. The first kappa shape index (κ1) is 67.7. The second-order valence-electron chi connectivity index (χ2n) is 26.6. The van der Waals surface area contributed by atoms with Gasteiger partial charge >= 0.3 is 6.18 Å². The number of alkyl halides is 3. The molecule has 1 N–H and O–H groups in total. The molecule has 3 heterocycles. The molecule has 0 atom stereocenters. The smallest absolute Gasteiger partial charge is 0.418 e. The van der Waals surface area contributed by atoms with Crippen LogP contribution in [0.25, 0.3) is 86.5 Å². The topological polar surface area (TPSA) is 63.1 Å². The van der Waals surface area contributed by atoms with E-state index in [1.165, 1.54) is 53.7 Å². The number of carbonyl (C=O) groups is 1. The Labute approximate surface area is 533 Å². The van der Waals surface area contributed by atoms with E-state index in [2.05, 4.69) is 172 Å². The van der Waals surface area contributed by atoms with Crippen molar-refractivity contribution in [1.29, 1.82) is 0 Å². The van der Waals surface area contributed by atoms with Gasteiger partial charge in [0.1, 0.15) is 0 Å². The molecule has 0 unspecified atom stereocenters. The van der Waals surface area contributed by atoms with Crippen molar-refractivity contribution in [2.75, 3.05) is 0 Å². The number of allylic oxidation sites excluding steroid dienone is 2. The van der Waals surface area contributed by atoms with Gasteiger partial charge in [-0.25, -0.2) is 0 Å². The Bertz CT molecular complexity index is 4010. The van der Waals surface area contributed by atoms with E-state index >= 15 is 0 Å². The maximum atomic E-state index is 14.1. The number of ketones is 1. The molecule has 0 bridgehead atoms. The number of nitrogens with zero attached hydrogens (tertiary/aromatic N) is 2. The van der Waals surface area contributed by atoms with Crippen LogP contribution in [0.3, 0.4) is 0 Å². The van der Waals surface area contributed by atoms with E-state index in [1.54, 1.807) is 18.2 Å². The Morgan fingerprint density at radius 3 is 1.76 bits per heavy atom. The number of aliphatic hydroxyl groups excluding tert-OH is 1. The number of carbonyl (C=O) groups excluding carboxylic acids is 1. The van der Waals surface area contributed by atoms with Crippen LogP contribution < -0.4 is 0 Å². The van der Waals surface area contributed by atoms with Crippen molar-refractivity contribution in [3.05, 3.63) is 203 Å². The molecule has 4 nitrogen and oxygen atoms in total. The Balaban J connectivity index is 0.000000206. The molecule has 0 amide bonds. The predicted molar refractivity (Wildman–Crippen MR) is 359 cm³/mol. The predicted octanol–water partition coefficient (Wildman–Crippen LogP) is 23.1. The van der Waals surface area contributed by atoms with E-state index in [4.69, 9.17) is 4.98 Å². The summed E-state index contributed by atoms with van der Waals surface area (Å²) in [5, 5.41) is 17.0. The molecule has 9 heteroatoms. The summed E-state index contributed by atoms with van der Waals surface area (Å²) in [7, 11) is 0. The molecular weight excluding hydrogens is 1280 g/mol. The van der Waals surface area contributed by atoms with E-state index in [0.29, 0.717) is 22.2 Å². The zero-order chi connectivity index (χ0) is 62.5. The zero-order valence-electron chi connectivity index (χ0n) is 53.5. The second-order valence-corrected chi connectivity index (χ2v) is 27.7. The van der Waals surface area contributed by atoms with Crippen molar-refractivity contribution >= 4 is 58.8 Å². The van der Waals surface area contributed by atoms with Gasteiger partial charge in [0, 0.05) is 76.6 Å². The maximum Gasteiger partial charge on any atom is 0.418 e. The Morgan fingerprint density at radius 2 is 1.16 bits per heavy atom. The molecule has 457 valence electrons. The van der Waals surface area contributed by atoms with Crippen LogP contribution in [0, 0.1) is 48.6 Å². The van der Waals surface area contributed by atoms with Crippen LogP contribution in [0.4, 0.5) is 13.2 Å². The summed E-state index contributed by atoms with van der Waals surface area (Å²) < 4.78 is 45.0. The largest absolute Gasteiger partial charge is 0.512 e. The Morgan fingerprint density at radius 1 is 0.586 bits per heavy atom. The van der Waals surface area contributed by atoms with E-state index in [-0.39, 0.29) is 59.9 Å². The summed E-state index contributed by atoms with van der Waals surface area (Å²) in [6.07, 6.45) is 5.32. The molecule has 10 aromatic rings. The summed E-state index contributed by atoms with van der Waals surface area (Å²) in [6, 6.07) is 52.2. The van der Waals surface area contributed by atoms with E-state index in [9.17, 15) is 23.1 Å². The number of fused-ring (bicyclic) bond motifs is 6. The SMILES string of the molecule is CC(C)(C)Cc1ccc(-c2ccc(-c3cc(-c4[c-]c5ccccc5c(C(C)(C)C)c4)ncc3C(F)(F)F)cc2)cc1.CCC(CC)C(=O)/C=C(\O)C(CC)CC.Cc1[c-]c(-c2nccc3c2sc2c4ccc(CC(C)(C)C)cc4ccc32)cc(C)c1.[Ir]. The molecule has 0 aliphatic heterocycles. The van der Waals surface area contributed by atoms with Gasteiger partial charge in [0.05, 0.1) is 11.3 Å². The molecule has 0 aliphatic rings. The number of aromatic nitrogens is 2. The quantitative estimate of drug-likeness (QED) is 0.0710. The van der Waals surface area contributed by atoms with Crippen molar-refractivity contribution in [2.24, 2.45) is 22.7 Å². The molecule has 0 saturated carbocycles. The first-order valence-electron chi connectivity index (χ1n) is 30.5. The van der Waals surface area contributed by atoms with Gasteiger partial charge in [-0.15, -0.1) is 75.4 Å². The molecule has 87 heavy (non-hydrogen) atoms. The minimum absolute atomic E-state index is 0. The summed E-state index contributed by atoms with van der Waals surface area (Å²) >= 11 is 1.86. The van der Waals surface area contributed by atoms with Crippen molar-refractivity contribution in [3.8, 4) is 44.8 Å². The molecule has 0 saturated heterocycles. The van der Waals surface area contributed by atoms with Gasteiger partial charge in [-0.1, -0.05) is 218 Å². The molecule has 0 spiro atoms. The minimum atomic E-state index is -4.54. The van der Waals surface area contributed by atoms with Crippen LogP contribution in [0.1, 0.15) is 149 Å². The monoisotopic (exact) mass is 1360 g/mol. The molecular formula is C78H85F3IrN2O2S-2. The van der Waals surface area contributed by atoms with Crippen LogP contribution in [0.2, 0.25) is 0 Å². The van der Waals surface area contributed by atoms with Crippen LogP contribution in [0.15, 0.2) is 158 Å². The van der Waals surface area contributed by atoms with Crippen molar-refractivity contribution < 1.29 is 43.2 Å². The van der Waals surface area contributed by atoms with E-state index < -0.39 is 11.7 Å². The normalized spacial score (nSPS) is 12.3. The summed E-state index contributed by atoms with van der Waals surface area (Å²) in [4.78, 5) is 20.8. The van der Waals surface area contributed by atoms with Gasteiger partial charge in [-0.2, -0.15) is 13.2 Å². The third-order valence-corrected chi connectivity index (χ3v) is 17.2. The number of rotatable bonds is 13. The number of aryl methyl sites for hydroxylation is 2. The van der Waals surface area contributed by atoms with Crippen LogP contribution >= 0.6 is 11.3 Å². The summed E-state index contributed by atoms with van der Waals surface area (Å²) in [5.74, 6) is 0.547. The third-order valence-electron chi connectivity index (χ3n) is 15.9. The number of benzene rings is 7. The van der Waals surface area contributed by atoms with Gasteiger partial charge in [0.15, 0.2) is 5.78 Å². The van der Waals surface area contributed by atoms with Crippen LogP contribution in [0.5, 0.6) is 0 Å². The molecule has 0 fully saturated rings. The summed E-state index contributed by atoms with van der Waals surface area (Å²) in [5.41, 5.74) is 11.6. The molecule has 10 rings (SSSR count). The van der Waals surface area contributed by atoms with Gasteiger partial charge in [-0.05, 0) is 110 Å². The number of hydrogen-bond acceptors (Lipinski definition) is 5. The van der Waals surface area contributed by atoms with Crippen LogP contribution in [-0.2, 0) is 49.3 Å². The second kappa shape index (κ2) is 28.2. The minimum Gasteiger partial charge on any atom is -0.512 e. The number of halogens is 3. The molecule has 7 aromatic carbocycles. The number of thiophene rings is 1. The Hall–Kier alpha value is -6.77. The number of hydrogen-bond donors (Lipinski definition) is 1. The third kappa shape index (κ3) is 16.9. The molecule has 1 radical (unpaired) electrons. The van der Waals surface area contributed by atoms with Crippen molar-refractivity contribution in [2.45, 2.75) is 154 Å².